The lowest BCUT2D eigenvalue weighted by Crippen LogP contribution is -2.25. The van der Waals surface area contributed by atoms with Gasteiger partial charge in [0, 0.05) is 0 Å². The summed E-state index contributed by atoms with van der Waals surface area (Å²) in [5.41, 5.74) is 1.34. The summed E-state index contributed by atoms with van der Waals surface area (Å²) in [6.45, 7) is 14.4. The van der Waals surface area contributed by atoms with E-state index in [4.69, 9.17) is 0 Å². The van der Waals surface area contributed by atoms with E-state index in [1.807, 2.05) is 0 Å². The molecule has 0 saturated heterocycles. The first kappa shape index (κ1) is 12.1. The molecule has 0 amide bonds. The third-order valence-electron chi connectivity index (χ3n) is 5.15. The zero-order chi connectivity index (χ0) is 11.0. The van der Waals surface area contributed by atoms with Crippen LogP contribution >= 0.6 is 0 Å². The lowest BCUT2D eigenvalue weighted by atomic mass is 9.72. The molecule has 14 heavy (non-hydrogen) atoms. The van der Waals surface area contributed by atoms with Crippen LogP contribution in [0.15, 0.2) is 0 Å². The van der Waals surface area contributed by atoms with Crippen LogP contribution in [0.2, 0.25) is 0 Å². The van der Waals surface area contributed by atoms with E-state index in [9.17, 15) is 0 Å². The minimum absolute atomic E-state index is 0.659. The highest BCUT2D eigenvalue weighted by molar-refractivity contribution is 5.13. The highest BCUT2D eigenvalue weighted by atomic mass is 14.7. The van der Waals surface area contributed by atoms with Gasteiger partial charge in [-0.05, 0) is 35.5 Å². The van der Waals surface area contributed by atoms with Gasteiger partial charge in [-0.3, -0.25) is 0 Å². The lowest BCUT2D eigenvalue weighted by molar-refractivity contribution is 0.162. The van der Waals surface area contributed by atoms with E-state index in [0.29, 0.717) is 10.8 Å². The summed E-state index contributed by atoms with van der Waals surface area (Å²) in [5, 5.41) is 0. The fraction of sp³-hybridized carbons (Fsp3) is 1.00. The van der Waals surface area contributed by atoms with E-state index in [2.05, 4.69) is 41.5 Å². The van der Waals surface area contributed by atoms with Crippen LogP contribution in [0.4, 0.5) is 0 Å². The van der Waals surface area contributed by atoms with Gasteiger partial charge in [-0.1, -0.05) is 54.4 Å². The zero-order valence-electron chi connectivity index (χ0n) is 11.0. The molecule has 0 aliphatic heterocycles. The largest absolute Gasteiger partial charge is 0.0651 e. The number of hydrogen-bond donors (Lipinski definition) is 0. The summed E-state index contributed by atoms with van der Waals surface area (Å²) in [6, 6.07) is 0. The lowest BCUT2D eigenvalue weighted by Gasteiger charge is -2.33. The molecule has 1 aliphatic carbocycles. The molecule has 0 radical (unpaired) electrons. The maximum absolute atomic E-state index is 2.50. The minimum atomic E-state index is 0.659. The highest BCUT2D eigenvalue weighted by Gasteiger charge is 2.64. The van der Waals surface area contributed by atoms with Gasteiger partial charge in [-0.25, -0.2) is 0 Å². The molecule has 0 nitrogen and oxygen atoms in total. The third kappa shape index (κ3) is 1.51. The van der Waals surface area contributed by atoms with Gasteiger partial charge in [0.1, 0.15) is 0 Å². The Morgan fingerprint density at radius 3 is 1.86 bits per heavy atom. The van der Waals surface area contributed by atoms with Gasteiger partial charge >= 0.3 is 0 Å². The molecule has 0 heterocycles. The first-order valence-corrected chi connectivity index (χ1v) is 6.47. The predicted octanol–water partition coefficient (Wildman–Crippen LogP) is 4.89. The van der Waals surface area contributed by atoms with Crippen molar-refractivity contribution < 1.29 is 0 Å². The average molecular weight is 196 g/mol. The van der Waals surface area contributed by atoms with Gasteiger partial charge in [0.05, 0.1) is 0 Å². The van der Waals surface area contributed by atoms with Gasteiger partial charge in [0.2, 0.25) is 0 Å². The van der Waals surface area contributed by atoms with Crippen LogP contribution in [-0.2, 0) is 0 Å². The molecule has 0 aromatic heterocycles. The standard InChI is InChI=1S/C14H28/c1-7-12(11(4)5)14(9-3)10-13(14,6)8-2/h11-12H,7-10H2,1-6H3. The summed E-state index contributed by atoms with van der Waals surface area (Å²) in [4.78, 5) is 0. The fourth-order valence-corrected chi connectivity index (χ4v) is 4.02. The molecule has 3 atom stereocenters. The Balaban J connectivity index is 2.82. The van der Waals surface area contributed by atoms with E-state index >= 15 is 0 Å². The Bertz CT molecular complexity index is 194. The Kier molecular flexibility index (Phi) is 3.33. The molecule has 0 spiro atoms. The summed E-state index contributed by atoms with van der Waals surface area (Å²) in [6.07, 6.45) is 5.59. The predicted molar refractivity (Wildman–Crippen MR) is 64.4 cm³/mol. The van der Waals surface area contributed by atoms with Crippen molar-refractivity contribution >= 4 is 0 Å². The Hall–Kier alpha value is 0. The van der Waals surface area contributed by atoms with Crippen molar-refractivity contribution in [2.24, 2.45) is 22.7 Å². The van der Waals surface area contributed by atoms with Crippen molar-refractivity contribution in [3.8, 4) is 0 Å². The minimum Gasteiger partial charge on any atom is -0.0651 e. The van der Waals surface area contributed by atoms with Crippen molar-refractivity contribution in [1.29, 1.82) is 0 Å². The summed E-state index contributed by atoms with van der Waals surface area (Å²) < 4.78 is 0. The molecule has 0 bridgehead atoms. The summed E-state index contributed by atoms with van der Waals surface area (Å²) in [5.74, 6) is 1.80. The number of hydrogen-bond acceptors (Lipinski definition) is 0. The SMILES string of the molecule is CCC(C(C)C)C1(CC)CC1(C)CC. The molecule has 0 heteroatoms. The van der Waals surface area contributed by atoms with Crippen molar-refractivity contribution in [2.75, 3.05) is 0 Å². The van der Waals surface area contributed by atoms with Crippen LogP contribution in [-0.4, -0.2) is 0 Å². The second-order valence-corrected chi connectivity index (χ2v) is 5.86. The summed E-state index contributed by atoms with van der Waals surface area (Å²) >= 11 is 0. The molecule has 3 unspecified atom stereocenters. The molecule has 0 aromatic rings. The molecule has 0 aromatic carbocycles. The van der Waals surface area contributed by atoms with Crippen molar-refractivity contribution in [1.82, 2.24) is 0 Å². The third-order valence-corrected chi connectivity index (χ3v) is 5.15. The Labute approximate surface area is 90.5 Å². The summed E-state index contributed by atoms with van der Waals surface area (Å²) in [7, 11) is 0. The maximum atomic E-state index is 2.50. The van der Waals surface area contributed by atoms with Gasteiger partial charge < -0.3 is 0 Å². The van der Waals surface area contributed by atoms with E-state index in [-0.39, 0.29) is 0 Å². The second-order valence-electron chi connectivity index (χ2n) is 5.86. The quantitative estimate of drug-likeness (QED) is 0.587. The monoisotopic (exact) mass is 196 g/mol. The van der Waals surface area contributed by atoms with E-state index in [1.165, 1.54) is 25.7 Å². The van der Waals surface area contributed by atoms with Crippen LogP contribution < -0.4 is 0 Å². The zero-order valence-corrected chi connectivity index (χ0v) is 11.0. The highest BCUT2D eigenvalue weighted by Crippen LogP contribution is 2.72. The first-order chi connectivity index (χ1) is 6.47. The fourth-order valence-electron chi connectivity index (χ4n) is 4.02. The maximum Gasteiger partial charge on any atom is -0.0210 e. The molecule has 1 fully saturated rings. The second kappa shape index (κ2) is 3.87. The van der Waals surface area contributed by atoms with Crippen LogP contribution in [0.3, 0.4) is 0 Å². The van der Waals surface area contributed by atoms with E-state index < -0.39 is 0 Å². The Morgan fingerprint density at radius 1 is 1.07 bits per heavy atom. The van der Waals surface area contributed by atoms with E-state index in [1.54, 1.807) is 0 Å². The van der Waals surface area contributed by atoms with Crippen molar-refractivity contribution in [3.63, 3.8) is 0 Å². The van der Waals surface area contributed by atoms with Gasteiger partial charge in [-0.2, -0.15) is 0 Å². The molecular weight excluding hydrogens is 168 g/mol. The van der Waals surface area contributed by atoms with Crippen molar-refractivity contribution in [3.05, 3.63) is 0 Å². The molecule has 0 N–H and O–H groups in total. The molecule has 84 valence electrons. The van der Waals surface area contributed by atoms with Gasteiger partial charge in [0.15, 0.2) is 0 Å². The van der Waals surface area contributed by atoms with Crippen LogP contribution in [0.1, 0.15) is 67.2 Å². The average Bonchev–Trinajstić information content (AvgIpc) is 2.75. The topological polar surface area (TPSA) is 0 Å². The van der Waals surface area contributed by atoms with Gasteiger partial charge in [-0.15, -0.1) is 0 Å². The van der Waals surface area contributed by atoms with Crippen molar-refractivity contribution in [2.45, 2.75) is 67.2 Å². The Morgan fingerprint density at radius 2 is 1.64 bits per heavy atom. The molecule has 1 aliphatic rings. The van der Waals surface area contributed by atoms with Crippen LogP contribution in [0, 0.1) is 22.7 Å². The first-order valence-electron chi connectivity index (χ1n) is 6.47. The normalized spacial score (nSPS) is 38.8. The van der Waals surface area contributed by atoms with Crippen LogP contribution in [0.25, 0.3) is 0 Å². The smallest absolute Gasteiger partial charge is 0.0210 e. The van der Waals surface area contributed by atoms with E-state index in [0.717, 1.165) is 11.8 Å². The molecule has 1 rings (SSSR count). The van der Waals surface area contributed by atoms with Crippen LogP contribution in [0.5, 0.6) is 0 Å². The van der Waals surface area contributed by atoms with Gasteiger partial charge in [0.25, 0.3) is 0 Å². The molecule has 1 saturated carbocycles. The number of rotatable bonds is 5. The molecular formula is C14H28.